The summed E-state index contributed by atoms with van der Waals surface area (Å²) < 4.78 is 13.4. The third-order valence-corrected chi connectivity index (χ3v) is 5.98. The highest BCUT2D eigenvalue weighted by Crippen LogP contribution is 2.34. The number of aliphatic hydroxyl groups excluding tert-OH is 1. The van der Waals surface area contributed by atoms with Gasteiger partial charge in [0.1, 0.15) is 16.2 Å². The Bertz CT molecular complexity index is 964. The fourth-order valence-corrected chi connectivity index (χ4v) is 4.44. The standard InChI is InChI=1S/C22H21FN2O3S2/c1-14(20(27)24-18(13-26)11-15-5-3-2-4-6-15)25-21(28)19(30-22(25)29)12-16-7-9-17(23)10-8-16/h2-10,12,14,18,26H,11,13H2,1H3,(H,24,27)/b19-12-/t14-,18+/m1/s1. The SMILES string of the molecule is C[C@H](C(=O)N[C@H](CO)Cc1ccccc1)N1C(=O)/C(=C/c2ccc(F)cc2)SC1=S. The van der Waals surface area contributed by atoms with E-state index in [1.807, 2.05) is 30.3 Å². The third kappa shape index (κ3) is 5.33. The molecule has 0 bridgehead atoms. The van der Waals surface area contributed by atoms with Crippen LogP contribution in [0.1, 0.15) is 18.1 Å². The van der Waals surface area contributed by atoms with E-state index in [0.29, 0.717) is 16.9 Å². The monoisotopic (exact) mass is 444 g/mol. The molecule has 1 saturated heterocycles. The lowest BCUT2D eigenvalue weighted by atomic mass is 10.1. The van der Waals surface area contributed by atoms with Gasteiger partial charge in [0.15, 0.2) is 0 Å². The predicted molar refractivity (Wildman–Crippen MR) is 120 cm³/mol. The van der Waals surface area contributed by atoms with E-state index in [-0.39, 0.29) is 22.7 Å². The molecule has 2 aromatic carbocycles. The number of amides is 2. The van der Waals surface area contributed by atoms with Crippen molar-refractivity contribution in [3.63, 3.8) is 0 Å². The molecule has 1 aliphatic rings. The number of nitrogens with zero attached hydrogens (tertiary/aromatic N) is 1. The van der Waals surface area contributed by atoms with Crippen LogP contribution in [0.2, 0.25) is 0 Å². The minimum absolute atomic E-state index is 0.226. The van der Waals surface area contributed by atoms with Crippen LogP contribution in [0.4, 0.5) is 4.39 Å². The first-order valence-corrected chi connectivity index (χ1v) is 10.6. The normalized spacial score (nSPS) is 17.3. The number of carbonyl (C=O) groups is 2. The van der Waals surface area contributed by atoms with E-state index in [2.05, 4.69) is 5.32 Å². The van der Waals surface area contributed by atoms with Crippen LogP contribution in [0.5, 0.6) is 0 Å². The zero-order valence-corrected chi connectivity index (χ0v) is 17.9. The maximum atomic E-state index is 13.1. The summed E-state index contributed by atoms with van der Waals surface area (Å²) in [6, 6.07) is 13.9. The summed E-state index contributed by atoms with van der Waals surface area (Å²) in [4.78, 5) is 27.2. The molecule has 156 valence electrons. The fraction of sp³-hybridized carbons (Fsp3) is 0.227. The third-order valence-electron chi connectivity index (χ3n) is 4.65. The quantitative estimate of drug-likeness (QED) is 0.507. The number of thioether (sulfide) groups is 1. The van der Waals surface area contributed by atoms with Crippen LogP contribution >= 0.6 is 24.0 Å². The molecule has 0 spiro atoms. The van der Waals surface area contributed by atoms with Crippen molar-refractivity contribution in [1.82, 2.24) is 10.2 Å². The summed E-state index contributed by atoms with van der Waals surface area (Å²) in [5.74, 6) is -1.14. The van der Waals surface area contributed by atoms with Crippen molar-refractivity contribution >= 4 is 46.2 Å². The molecule has 2 N–H and O–H groups in total. The second-order valence-electron chi connectivity index (χ2n) is 6.86. The largest absolute Gasteiger partial charge is 0.394 e. The van der Waals surface area contributed by atoms with Crippen LogP contribution < -0.4 is 5.32 Å². The Kier molecular flexibility index (Phi) is 7.36. The topological polar surface area (TPSA) is 69.6 Å². The zero-order chi connectivity index (χ0) is 21.7. The van der Waals surface area contributed by atoms with Gasteiger partial charge in [-0.2, -0.15) is 0 Å². The minimum Gasteiger partial charge on any atom is -0.394 e. The lowest BCUT2D eigenvalue weighted by molar-refractivity contribution is -0.132. The molecule has 0 unspecified atom stereocenters. The number of hydrogen-bond acceptors (Lipinski definition) is 5. The molecule has 3 rings (SSSR count). The second-order valence-corrected chi connectivity index (χ2v) is 8.53. The van der Waals surface area contributed by atoms with Crippen LogP contribution in [0.25, 0.3) is 6.08 Å². The van der Waals surface area contributed by atoms with E-state index in [9.17, 15) is 19.1 Å². The van der Waals surface area contributed by atoms with Gasteiger partial charge in [-0.15, -0.1) is 0 Å². The van der Waals surface area contributed by atoms with Gasteiger partial charge < -0.3 is 10.4 Å². The van der Waals surface area contributed by atoms with Crippen LogP contribution in [0, 0.1) is 5.82 Å². The van der Waals surface area contributed by atoms with Crippen molar-refractivity contribution in [2.45, 2.75) is 25.4 Å². The molecule has 2 atom stereocenters. The Morgan fingerprint density at radius 2 is 1.90 bits per heavy atom. The molecule has 0 saturated carbocycles. The molecule has 0 aromatic heterocycles. The van der Waals surface area contributed by atoms with Crippen LogP contribution in [-0.2, 0) is 16.0 Å². The van der Waals surface area contributed by atoms with E-state index in [1.165, 1.54) is 17.0 Å². The molecule has 1 fully saturated rings. The Morgan fingerprint density at radius 3 is 2.53 bits per heavy atom. The summed E-state index contributed by atoms with van der Waals surface area (Å²) in [6.45, 7) is 1.37. The number of benzene rings is 2. The molecule has 0 radical (unpaired) electrons. The molecule has 0 aliphatic carbocycles. The Balaban J connectivity index is 1.68. The van der Waals surface area contributed by atoms with Crippen molar-refractivity contribution in [2.24, 2.45) is 0 Å². The predicted octanol–water partition coefficient (Wildman–Crippen LogP) is 3.14. The van der Waals surface area contributed by atoms with Gasteiger partial charge in [0.05, 0.1) is 17.6 Å². The number of carbonyl (C=O) groups excluding carboxylic acids is 2. The number of thiocarbonyl (C=S) groups is 1. The lowest BCUT2D eigenvalue weighted by Crippen LogP contribution is -2.51. The smallest absolute Gasteiger partial charge is 0.266 e. The number of aliphatic hydroxyl groups is 1. The summed E-state index contributed by atoms with van der Waals surface area (Å²) in [6.07, 6.45) is 2.09. The van der Waals surface area contributed by atoms with E-state index in [0.717, 1.165) is 17.3 Å². The second kappa shape index (κ2) is 9.97. The van der Waals surface area contributed by atoms with Gasteiger partial charge in [-0.25, -0.2) is 4.39 Å². The first kappa shape index (κ1) is 22.1. The van der Waals surface area contributed by atoms with Crippen molar-refractivity contribution in [1.29, 1.82) is 0 Å². The van der Waals surface area contributed by atoms with Crippen molar-refractivity contribution in [2.75, 3.05) is 6.61 Å². The number of rotatable bonds is 7. The molecule has 2 amide bonds. The van der Waals surface area contributed by atoms with Crippen molar-refractivity contribution in [3.05, 3.63) is 76.4 Å². The highest BCUT2D eigenvalue weighted by atomic mass is 32.2. The number of nitrogens with one attached hydrogen (secondary N) is 1. The van der Waals surface area contributed by atoms with E-state index >= 15 is 0 Å². The van der Waals surface area contributed by atoms with E-state index in [1.54, 1.807) is 25.1 Å². The first-order chi connectivity index (χ1) is 14.4. The summed E-state index contributed by atoms with van der Waals surface area (Å²) >= 11 is 6.41. The summed E-state index contributed by atoms with van der Waals surface area (Å²) in [7, 11) is 0. The first-order valence-electron chi connectivity index (χ1n) is 9.37. The number of hydrogen-bond donors (Lipinski definition) is 2. The molecular formula is C22H21FN2O3S2. The fourth-order valence-electron chi connectivity index (χ4n) is 3.02. The molecule has 2 aromatic rings. The van der Waals surface area contributed by atoms with Gasteiger partial charge in [-0.3, -0.25) is 14.5 Å². The Morgan fingerprint density at radius 1 is 1.23 bits per heavy atom. The molecular weight excluding hydrogens is 423 g/mol. The van der Waals surface area contributed by atoms with Crippen molar-refractivity contribution < 1.29 is 19.1 Å². The highest BCUT2D eigenvalue weighted by Gasteiger charge is 2.38. The molecule has 1 aliphatic heterocycles. The van der Waals surface area contributed by atoms with Crippen LogP contribution in [0.3, 0.4) is 0 Å². The maximum Gasteiger partial charge on any atom is 0.266 e. The summed E-state index contributed by atoms with van der Waals surface area (Å²) in [5.41, 5.74) is 1.65. The average Bonchev–Trinajstić information content (AvgIpc) is 3.02. The van der Waals surface area contributed by atoms with Gasteiger partial charge in [0.2, 0.25) is 5.91 Å². The van der Waals surface area contributed by atoms with E-state index < -0.39 is 18.0 Å². The zero-order valence-electron chi connectivity index (χ0n) is 16.2. The molecule has 8 heteroatoms. The van der Waals surface area contributed by atoms with E-state index in [4.69, 9.17) is 12.2 Å². The van der Waals surface area contributed by atoms with Crippen LogP contribution in [-0.4, -0.2) is 44.8 Å². The van der Waals surface area contributed by atoms with Gasteiger partial charge in [0, 0.05) is 0 Å². The minimum atomic E-state index is -0.832. The molecule has 5 nitrogen and oxygen atoms in total. The highest BCUT2D eigenvalue weighted by molar-refractivity contribution is 8.26. The van der Waals surface area contributed by atoms with Crippen LogP contribution in [0.15, 0.2) is 59.5 Å². The average molecular weight is 445 g/mol. The maximum absolute atomic E-state index is 13.1. The van der Waals surface area contributed by atoms with Gasteiger partial charge >= 0.3 is 0 Å². The van der Waals surface area contributed by atoms with Gasteiger partial charge in [-0.1, -0.05) is 66.4 Å². The van der Waals surface area contributed by atoms with Gasteiger partial charge in [0.25, 0.3) is 5.91 Å². The summed E-state index contributed by atoms with van der Waals surface area (Å²) in [5, 5.41) is 12.4. The van der Waals surface area contributed by atoms with Gasteiger partial charge in [-0.05, 0) is 42.7 Å². The lowest BCUT2D eigenvalue weighted by Gasteiger charge is -2.25. The molecule has 30 heavy (non-hydrogen) atoms. The Hall–Kier alpha value is -2.55. The molecule has 1 heterocycles. The van der Waals surface area contributed by atoms with Crippen molar-refractivity contribution in [3.8, 4) is 0 Å². The number of halogens is 1. The Labute approximate surface area is 184 Å².